The van der Waals surface area contributed by atoms with Crippen molar-refractivity contribution in [3.63, 3.8) is 0 Å². The van der Waals surface area contributed by atoms with Gasteiger partial charge in [-0.1, -0.05) is 47.2 Å². The fourth-order valence-electron chi connectivity index (χ4n) is 0.786. The van der Waals surface area contributed by atoms with E-state index in [2.05, 4.69) is 47.2 Å². The first kappa shape index (κ1) is 7.07. The van der Waals surface area contributed by atoms with Crippen LogP contribution in [-0.4, -0.2) is 4.32 Å². The van der Waals surface area contributed by atoms with Crippen molar-refractivity contribution in [2.24, 2.45) is 0 Å². The summed E-state index contributed by atoms with van der Waals surface area (Å²) in [6, 6.07) is 0. The van der Waals surface area contributed by atoms with E-state index in [0.29, 0.717) is 0 Å². The third-order valence-corrected chi connectivity index (χ3v) is 2.60. The summed E-state index contributed by atoms with van der Waals surface area (Å²) in [5.74, 6) is 0. The fourth-order valence-corrected chi connectivity index (χ4v) is 1.09. The quantitative estimate of drug-likeness (QED) is 0.552. The van der Waals surface area contributed by atoms with Crippen molar-refractivity contribution in [3.8, 4) is 0 Å². The van der Waals surface area contributed by atoms with Crippen LogP contribution >= 0.6 is 15.9 Å². The Labute approximate surface area is 64.8 Å². The van der Waals surface area contributed by atoms with Crippen LogP contribution in [0.25, 0.3) is 0 Å². The van der Waals surface area contributed by atoms with Gasteiger partial charge in [-0.15, -0.1) is 0 Å². The second kappa shape index (κ2) is 2.70. The average molecular weight is 186 g/mol. The molecule has 0 aromatic rings. The number of hydrogen-bond acceptors (Lipinski definition) is 0. The molecule has 1 radical (unpaired) electrons. The van der Waals surface area contributed by atoms with E-state index in [0.717, 1.165) is 6.42 Å². The largest absolute Gasteiger partial charge is 0.0790 e. The maximum atomic E-state index is 3.60. The lowest BCUT2D eigenvalue weighted by Gasteiger charge is -2.18. The summed E-state index contributed by atoms with van der Waals surface area (Å²) in [4.78, 5) is 0. The van der Waals surface area contributed by atoms with E-state index in [4.69, 9.17) is 0 Å². The molecule has 1 aliphatic rings. The lowest BCUT2D eigenvalue weighted by atomic mass is 10.0. The summed E-state index contributed by atoms with van der Waals surface area (Å²) >= 11 is 3.60. The SMILES string of the molecule is CCC1(Br)C=C[CH]C=C1. The van der Waals surface area contributed by atoms with Gasteiger partial charge in [0.25, 0.3) is 0 Å². The number of allylic oxidation sites excluding steroid dienone is 4. The lowest BCUT2D eigenvalue weighted by molar-refractivity contribution is 0.838. The van der Waals surface area contributed by atoms with Crippen molar-refractivity contribution in [2.75, 3.05) is 0 Å². The predicted octanol–water partition coefficient (Wildman–Crippen LogP) is 2.86. The second-order valence-electron chi connectivity index (χ2n) is 2.19. The molecule has 1 heteroatoms. The van der Waals surface area contributed by atoms with E-state index in [1.165, 1.54) is 0 Å². The molecule has 1 rings (SSSR count). The third-order valence-electron chi connectivity index (χ3n) is 1.51. The number of rotatable bonds is 1. The Morgan fingerprint density at radius 3 is 2.22 bits per heavy atom. The molecule has 0 bridgehead atoms. The Balaban J connectivity index is 2.67. The van der Waals surface area contributed by atoms with E-state index in [1.807, 2.05) is 6.42 Å². The Hall–Kier alpha value is -0.0400. The summed E-state index contributed by atoms with van der Waals surface area (Å²) in [7, 11) is 0. The molecule has 0 nitrogen and oxygen atoms in total. The maximum absolute atomic E-state index is 3.60. The van der Waals surface area contributed by atoms with Crippen LogP contribution in [0.2, 0.25) is 0 Å². The van der Waals surface area contributed by atoms with Crippen LogP contribution in [0.4, 0.5) is 0 Å². The van der Waals surface area contributed by atoms with Crippen LogP contribution in [0.1, 0.15) is 13.3 Å². The Bertz CT molecular complexity index is 133. The van der Waals surface area contributed by atoms with Gasteiger partial charge in [-0.3, -0.25) is 0 Å². The van der Waals surface area contributed by atoms with Gasteiger partial charge in [0.1, 0.15) is 0 Å². The topological polar surface area (TPSA) is 0 Å². The van der Waals surface area contributed by atoms with Crippen molar-refractivity contribution in [3.05, 3.63) is 30.7 Å². The normalized spacial score (nSPS) is 22.4. The van der Waals surface area contributed by atoms with Crippen molar-refractivity contribution < 1.29 is 0 Å². The second-order valence-corrected chi connectivity index (χ2v) is 3.67. The van der Waals surface area contributed by atoms with Gasteiger partial charge in [-0.2, -0.15) is 0 Å². The molecule has 0 heterocycles. The highest BCUT2D eigenvalue weighted by atomic mass is 79.9. The highest BCUT2D eigenvalue weighted by Crippen LogP contribution is 2.28. The molecule has 0 unspecified atom stereocenters. The molecule has 0 N–H and O–H groups in total. The Morgan fingerprint density at radius 2 is 1.89 bits per heavy atom. The number of alkyl halides is 1. The third kappa shape index (κ3) is 1.68. The van der Waals surface area contributed by atoms with E-state index < -0.39 is 0 Å². The van der Waals surface area contributed by atoms with Gasteiger partial charge in [-0.05, 0) is 6.42 Å². The molecule has 0 atom stereocenters. The standard InChI is InChI=1S/C8H10Br/c1-2-8(9)6-4-3-5-7-8/h3-7H,2H2,1H3. The molecule has 0 aliphatic heterocycles. The average Bonchev–Trinajstić information content (AvgIpc) is 1.90. The molecule has 0 spiro atoms. The molecule has 9 heavy (non-hydrogen) atoms. The molecule has 0 aromatic carbocycles. The van der Waals surface area contributed by atoms with E-state index in [1.54, 1.807) is 0 Å². The highest BCUT2D eigenvalue weighted by Gasteiger charge is 2.17. The fraction of sp³-hybridized carbons (Fsp3) is 0.375. The first-order chi connectivity index (χ1) is 4.27. The smallest absolute Gasteiger partial charge is 0.0614 e. The summed E-state index contributed by atoms with van der Waals surface area (Å²) in [5, 5.41) is 0. The molecule has 0 saturated carbocycles. The lowest BCUT2D eigenvalue weighted by Crippen LogP contribution is -2.13. The van der Waals surface area contributed by atoms with Gasteiger partial charge in [0, 0.05) is 6.42 Å². The number of halogens is 1. The molecule has 0 fully saturated rings. The summed E-state index contributed by atoms with van der Waals surface area (Å²) in [5.41, 5.74) is 0. The van der Waals surface area contributed by atoms with Gasteiger partial charge >= 0.3 is 0 Å². The van der Waals surface area contributed by atoms with Crippen LogP contribution in [0.15, 0.2) is 24.3 Å². The van der Waals surface area contributed by atoms with Crippen molar-refractivity contribution in [1.29, 1.82) is 0 Å². The Morgan fingerprint density at radius 1 is 1.33 bits per heavy atom. The van der Waals surface area contributed by atoms with Crippen molar-refractivity contribution in [1.82, 2.24) is 0 Å². The summed E-state index contributed by atoms with van der Waals surface area (Å²) < 4.78 is 0.141. The predicted molar refractivity (Wildman–Crippen MR) is 44.5 cm³/mol. The maximum Gasteiger partial charge on any atom is 0.0614 e. The molecule has 0 amide bonds. The number of hydrogen-bond donors (Lipinski definition) is 0. The highest BCUT2D eigenvalue weighted by molar-refractivity contribution is 9.10. The Kier molecular flexibility index (Phi) is 2.12. The molecule has 0 saturated heterocycles. The van der Waals surface area contributed by atoms with E-state index in [9.17, 15) is 0 Å². The molecular weight excluding hydrogens is 176 g/mol. The summed E-state index contributed by atoms with van der Waals surface area (Å²) in [6.45, 7) is 2.16. The molecular formula is C8H10Br. The first-order valence-electron chi connectivity index (χ1n) is 3.16. The zero-order chi connectivity index (χ0) is 6.74. The van der Waals surface area contributed by atoms with E-state index in [-0.39, 0.29) is 4.32 Å². The minimum absolute atomic E-state index is 0.141. The minimum Gasteiger partial charge on any atom is -0.0790 e. The van der Waals surface area contributed by atoms with Crippen LogP contribution in [0, 0.1) is 6.42 Å². The van der Waals surface area contributed by atoms with Crippen LogP contribution in [-0.2, 0) is 0 Å². The molecule has 1 aliphatic carbocycles. The molecule has 0 aromatic heterocycles. The van der Waals surface area contributed by atoms with Crippen LogP contribution in [0.5, 0.6) is 0 Å². The zero-order valence-electron chi connectivity index (χ0n) is 5.47. The van der Waals surface area contributed by atoms with Gasteiger partial charge < -0.3 is 0 Å². The van der Waals surface area contributed by atoms with Gasteiger partial charge in [0.2, 0.25) is 0 Å². The van der Waals surface area contributed by atoms with Crippen LogP contribution < -0.4 is 0 Å². The minimum atomic E-state index is 0.141. The van der Waals surface area contributed by atoms with E-state index >= 15 is 0 Å². The zero-order valence-corrected chi connectivity index (χ0v) is 7.06. The summed E-state index contributed by atoms with van der Waals surface area (Å²) in [6.07, 6.45) is 11.6. The first-order valence-corrected chi connectivity index (χ1v) is 3.95. The van der Waals surface area contributed by atoms with Gasteiger partial charge in [0.15, 0.2) is 0 Å². The van der Waals surface area contributed by atoms with Crippen LogP contribution in [0.3, 0.4) is 0 Å². The van der Waals surface area contributed by atoms with Crippen molar-refractivity contribution in [2.45, 2.75) is 17.7 Å². The van der Waals surface area contributed by atoms with Crippen molar-refractivity contribution >= 4 is 15.9 Å². The molecule has 49 valence electrons. The van der Waals surface area contributed by atoms with Gasteiger partial charge in [0.05, 0.1) is 4.32 Å². The monoisotopic (exact) mass is 185 g/mol. The van der Waals surface area contributed by atoms with Gasteiger partial charge in [-0.25, -0.2) is 0 Å².